The number of aliphatic hydroxyl groups is 1. The van der Waals surface area contributed by atoms with Crippen LogP contribution in [0.15, 0.2) is 60.7 Å². The molecule has 1 atom stereocenters. The Morgan fingerprint density at radius 2 is 1.53 bits per heavy atom. The molecule has 2 N–H and O–H groups in total. The summed E-state index contributed by atoms with van der Waals surface area (Å²) in [5.74, 6) is 0. The van der Waals surface area contributed by atoms with E-state index in [9.17, 15) is 5.11 Å². The fraction of sp³-hybridized carbons (Fsp3) is 0.294. The zero-order chi connectivity index (χ0) is 13.6. The summed E-state index contributed by atoms with van der Waals surface area (Å²) in [5, 5.41) is 13.8. The van der Waals surface area contributed by atoms with Gasteiger partial charge in [0.15, 0.2) is 0 Å². The Bertz CT molecular complexity index is 479. The van der Waals surface area contributed by atoms with Crippen LogP contribution in [0.2, 0.25) is 0 Å². The van der Waals surface area contributed by atoms with E-state index in [0.29, 0.717) is 6.42 Å². The molecular formula is C17H21NO. The van der Waals surface area contributed by atoms with Crippen LogP contribution in [0.4, 0.5) is 0 Å². The van der Waals surface area contributed by atoms with Crippen molar-refractivity contribution in [3.05, 3.63) is 71.8 Å². The molecule has 0 saturated heterocycles. The first-order chi connectivity index (χ1) is 9.18. The van der Waals surface area contributed by atoms with Crippen LogP contribution in [0, 0.1) is 0 Å². The number of rotatable bonds is 6. The van der Waals surface area contributed by atoms with Gasteiger partial charge in [-0.15, -0.1) is 0 Å². The standard InChI is InChI=1S/C17H21NO/c1-17(19,16-10-6-3-7-11-16)12-13-18-14-15-8-4-2-5-9-15/h2-11,18-19H,12-14H2,1H3. The summed E-state index contributed by atoms with van der Waals surface area (Å²) in [6, 6.07) is 20.1. The third-order valence-electron chi connectivity index (χ3n) is 3.36. The van der Waals surface area contributed by atoms with Crippen LogP contribution in [-0.4, -0.2) is 11.7 Å². The Hall–Kier alpha value is -1.64. The van der Waals surface area contributed by atoms with E-state index >= 15 is 0 Å². The maximum absolute atomic E-state index is 10.4. The first kappa shape index (κ1) is 13.8. The van der Waals surface area contributed by atoms with Crippen molar-refractivity contribution in [3.8, 4) is 0 Å². The molecule has 2 rings (SSSR count). The van der Waals surface area contributed by atoms with Gasteiger partial charge in [-0.2, -0.15) is 0 Å². The molecule has 1 unspecified atom stereocenters. The average molecular weight is 255 g/mol. The van der Waals surface area contributed by atoms with Crippen LogP contribution in [-0.2, 0) is 12.1 Å². The van der Waals surface area contributed by atoms with E-state index < -0.39 is 5.60 Å². The van der Waals surface area contributed by atoms with E-state index in [0.717, 1.165) is 18.7 Å². The van der Waals surface area contributed by atoms with Crippen molar-refractivity contribution in [2.75, 3.05) is 6.54 Å². The Kier molecular flexibility index (Phi) is 4.72. The first-order valence-corrected chi connectivity index (χ1v) is 6.71. The second-order valence-electron chi connectivity index (χ2n) is 5.05. The monoisotopic (exact) mass is 255 g/mol. The van der Waals surface area contributed by atoms with E-state index in [2.05, 4.69) is 17.4 Å². The van der Waals surface area contributed by atoms with Gasteiger partial charge in [-0.25, -0.2) is 0 Å². The minimum Gasteiger partial charge on any atom is -0.385 e. The highest BCUT2D eigenvalue weighted by Crippen LogP contribution is 2.23. The van der Waals surface area contributed by atoms with Gasteiger partial charge in [-0.3, -0.25) is 0 Å². The van der Waals surface area contributed by atoms with Crippen LogP contribution in [0.5, 0.6) is 0 Å². The summed E-state index contributed by atoms with van der Waals surface area (Å²) in [6.07, 6.45) is 0.698. The maximum atomic E-state index is 10.4. The van der Waals surface area contributed by atoms with Gasteiger partial charge in [0.05, 0.1) is 5.60 Å². The maximum Gasteiger partial charge on any atom is 0.0880 e. The van der Waals surface area contributed by atoms with Gasteiger partial charge in [0.25, 0.3) is 0 Å². The lowest BCUT2D eigenvalue weighted by atomic mass is 9.92. The summed E-state index contributed by atoms with van der Waals surface area (Å²) in [4.78, 5) is 0. The summed E-state index contributed by atoms with van der Waals surface area (Å²) >= 11 is 0. The van der Waals surface area contributed by atoms with Gasteiger partial charge < -0.3 is 10.4 Å². The van der Waals surface area contributed by atoms with Crippen molar-refractivity contribution in [1.82, 2.24) is 5.32 Å². The third kappa shape index (κ3) is 4.19. The van der Waals surface area contributed by atoms with Crippen LogP contribution in [0.25, 0.3) is 0 Å². The molecule has 0 amide bonds. The lowest BCUT2D eigenvalue weighted by Crippen LogP contribution is -2.27. The molecule has 2 aromatic carbocycles. The highest BCUT2D eigenvalue weighted by atomic mass is 16.3. The summed E-state index contributed by atoms with van der Waals surface area (Å²) in [7, 11) is 0. The first-order valence-electron chi connectivity index (χ1n) is 6.71. The van der Waals surface area contributed by atoms with E-state index in [4.69, 9.17) is 0 Å². The van der Waals surface area contributed by atoms with E-state index in [1.807, 2.05) is 55.5 Å². The molecule has 0 saturated carbocycles. The van der Waals surface area contributed by atoms with E-state index in [1.165, 1.54) is 5.56 Å². The van der Waals surface area contributed by atoms with Crippen molar-refractivity contribution >= 4 is 0 Å². The molecule has 0 spiro atoms. The van der Waals surface area contributed by atoms with Crippen molar-refractivity contribution in [1.29, 1.82) is 0 Å². The van der Waals surface area contributed by atoms with Gasteiger partial charge in [0.1, 0.15) is 0 Å². The average Bonchev–Trinajstić information content (AvgIpc) is 2.46. The minimum absolute atomic E-state index is 0.698. The van der Waals surface area contributed by atoms with Crippen LogP contribution >= 0.6 is 0 Å². The van der Waals surface area contributed by atoms with Crippen LogP contribution in [0.1, 0.15) is 24.5 Å². The zero-order valence-electron chi connectivity index (χ0n) is 11.3. The van der Waals surface area contributed by atoms with Crippen molar-refractivity contribution in [3.63, 3.8) is 0 Å². The van der Waals surface area contributed by atoms with Crippen molar-refractivity contribution in [2.24, 2.45) is 0 Å². The molecule has 0 fully saturated rings. The van der Waals surface area contributed by atoms with Crippen molar-refractivity contribution < 1.29 is 5.11 Å². The predicted octanol–water partition coefficient (Wildman–Crippen LogP) is 3.07. The second-order valence-corrected chi connectivity index (χ2v) is 5.05. The molecular weight excluding hydrogens is 234 g/mol. The Morgan fingerprint density at radius 3 is 2.16 bits per heavy atom. The molecule has 0 aliphatic carbocycles. The molecule has 100 valence electrons. The molecule has 2 nitrogen and oxygen atoms in total. The smallest absolute Gasteiger partial charge is 0.0880 e. The summed E-state index contributed by atoms with van der Waals surface area (Å²) in [6.45, 7) is 3.50. The fourth-order valence-electron chi connectivity index (χ4n) is 2.10. The van der Waals surface area contributed by atoms with Gasteiger partial charge >= 0.3 is 0 Å². The van der Waals surface area contributed by atoms with Gasteiger partial charge in [0, 0.05) is 6.54 Å². The quantitative estimate of drug-likeness (QED) is 0.777. The number of nitrogens with one attached hydrogen (secondary N) is 1. The second kappa shape index (κ2) is 6.50. The predicted molar refractivity (Wildman–Crippen MR) is 78.8 cm³/mol. The molecule has 0 radical (unpaired) electrons. The minimum atomic E-state index is -0.773. The molecule has 19 heavy (non-hydrogen) atoms. The van der Waals surface area contributed by atoms with Gasteiger partial charge in [-0.05, 0) is 31.0 Å². The molecule has 2 heteroatoms. The molecule has 0 aliphatic heterocycles. The highest BCUT2D eigenvalue weighted by Gasteiger charge is 2.21. The number of benzene rings is 2. The van der Waals surface area contributed by atoms with E-state index in [1.54, 1.807) is 0 Å². The SMILES string of the molecule is CC(O)(CCNCc1ccccc1)c1ccccc1. The Morgan fingerprint density at radius 1 is 0.947 bits per heavy atom. The van der Waals surface area contributed by atoms with Gasteiger partial charge in [-0.1, -0.05) is 60.7 Å². The molecule has 0 bridgehead atoms. The van der Waals surface area contributed by atoms with E-state index in [-0.39, 0.29) is 0 Å². The Labute approximate surface area is 115 Å². The normalized spacial score (nSPS) is 14.0. The fourth-order valence-corrected chi connectivity index (χ4v) is 2.10. The molecule has 0 heterocycles. The summed E-state index contributed by atoms with van der Waals surface area (Å²) < 4.78 is 0. The molecule has 0 aromatic heterocycles. The highest BCUT2D eigenvalue weighted by molar-refractivity contribution is 5.21. The molecule has 2 aromatic rings. The largest absolute Gasteiger partial charge is 0.385 e. The lowest BCUT2D eigenvalue weighted by molar-refractivity contribution is 0.0479. The van der Waals surface area contributed by atoms with Gasteiger partial charge in [0.2, 0.25) is 0 Å². The topological polar surface area (TPSA) is 32.3 Å². The molecule has 0 aliphatic rings. The zero-order valence-corrected chi connectivity index (χ0v) is 11.3. The lowest BCUT2D eigenvalue weighted by Gasteiger charge is -2.24. The third-order valence-corrected chi connectivity index (χ3v) is 3.36. The van der Waals surface area contributed by atoms with Crippen LogP contribution in [0.3, 0.4) is 0 Å². The number of hydrogen-bond donors (Lipinski definition) is 2. The number of hydrogen-bond acceptors (Lipinski definition) is 2. The summed E-state index contributed by atoms with van der Waals surface area (Å²) in [5.41, 5.74) is 1.46. The van der Waals surface area contributed by atoms with Crippen LogP contribution < -0.4 is 5.32 Å². The Balaban J connectivity index is 1.79. The van der Waals surface area contributed by atoms with Crippen molar-refractivity contribution in [2.45, 2.75) is 25.5 Å².